The third-order valence-corrected chi connectivity index (χ3v) is 6.21. The van der Waals surface area contributed by atoms with Crippen molar-refractivity contribution in [3.8, 4) is 11.5 Å². The molecule has 6 nitrogen and oxygen atoms in total. The Labute approximate surface area is 177 Å². The molecule has 0 saturated carbocycles. The number of nitrogens with zero attached hydrogens (tertiary/aromatic N) is 2. The predicted molar refractivity (Wildman–Crippen MR) is 115 cm³/mol. The third-order valence-electron chi connectivity index (χ3n) is 5.17. The molecule has 1 atom stereocenters. The molecule has 3 heterocycles. The fourth-order valence-corrected chi connectivity index (χ4v) is 4.45. The molecule has 152 valence electrons. The van der Waals surface area contributed by atoms with Crippen LogP contribution in [0.25, 0.3) is 10.2 Å². The van der Waals surface area contributed by atoms with Gasteiger partial charge in [0.1, 0.15) is 12.4 Å². The smallest absolute Gasteiger partial charge is 0.273 e. The molecular formula is C23H20N2O4S. The van der Waals surface area contributed by atoms with Gasteiger partial charge in [0.05, 0.1) is 23.0 Å². The number of benzene rings is 2. The Bertz CT molecular complexity index is 1180. The number of carbonyl (C=O) groups excluding carboxylic acids is 1. The Morgan fingerprint density at radius 2 is 1.93 bits per heavy atom. The van der Waals surface area contributed by atoms with E-state index in [2.05, 4.69) is 26.0 Å². The highest BCUT2D eigenvalue weighted by atomic mass is 32.1. The van der Waals surface area contributed by atoms with Gasteiger partial charge in [0.15, 0.2) is 16.6 Å². The van der Waals surface area contributed by atoms with E-state index in [1.54, 1.807) is 23.3 Å². The lowest BCUT2D eigenvalue weighted by Gasteiger charge is -2.29. The summed E-state index contributed by atoms with van der Waals surface area (Å²) in [7, 11) is 0. The van der Waals surface area contributed by atoms with Crippen LogP contribution in [0.4, 0.5) is 5.13 Å². The number of carbonyl (C=O) groups is 1. The Morgan fingerprint density at radius 1 is 1.13 bits per heavy atom. The van der Waals surface area contributed by atoms with Crippen LogP contribution in [-0.4, -0.2) is 23.6 Å². The van der Waals surface area contributed by atoms with Crippen LogP contribution in [0.15, 0.2) is 59.2 Å². The van der Waals surface area contributed by atoms with Gasteiger partial charge in [-0.05, 0) is 61.4 Å². The summed E-state index contributed by atoms with van der Waals surface area (Å²) in [5.41, 5.74) is 3.24. The number of para-hydroxylation sites is 2. The van der Waals surface area contributed by atoms with E-state index in [9.17, 15) is 4.79 Å². The largest absolute Gasteiger partial charge is 0.485 e. The first-order valence-corrected chi connectivity index (χ1v) is 10.5. The summed E-state index contributed by atoms with van der Waals surface area (Å²) in [6.45, 7) is 4.55. The summed E-state index contributed by atoms with van der Waals surface area (Å²) in [5.74, 6) is 1.67. The molecule has 30 heavy (non-hydrogen) atoms. The average Bonchev–Trinajstić information content (AvgIpc) is 3.41. The van der Waals surface area contributed by atoms with Crippen molar-refractivity contribution in [1.82, 2.24) is 4.98 Å². The van der Waals surface area contributed by atoms with Crippen LogP contribution >= 0.6 is 11.3 Å². The van der Waals surface area contributed by atoms with E-state index in [0.29, 0.717) is 22.4 Å². The van der Waals surface area contributed by atoms with Crippen molar-refractivity contribution < 1.29 is 18.7 Å². The maximum absolute atomic E-state index is 13.5. The van der Waals surface area contributed by atoms with Crippen molar-refractivity contribution in [3.05, 3.63) is 71.7 Å². The van der Waals surface area contributed by atoms with E-state index in [1.807, 2.05) is 24.3 Å². The Balaban J connectivity index is 1.50. The number of thiazole rings is 1. The first-order valence-electron chi connectivity index (χ1n) is 9.68. The zero-order valence-corrected chi connectivity index (χ0v) is 17.4. The fraction of sp³-hybridized carbons (Fsp3) is 0.217. The second-order valence-electron chi connectivity index (χ2n) is 7.27. The molecule has 1 aliphatic rings. The molecule has 0 radical (unpaired) electrons. The van der Waals surface area contributed by atoms with Gasteiger partial charge in [-0.15, -0.1) is 0 Å². The SMILES string of the molecule is Cc1cc2nc(N(Cc3ccco3)C(=O)C3COc4ccccc4O3)sc2cc1C. The van der Waals surface area contributed by atoms with E-state index in [4.69, 9.17) is 18.9 Å². The van der Waals surface area contributed by atoms with Crippen LogP contribution in [0.5, 0.6) is 11.5 Å². The van der Waals surface area contributed by atoms with Gasteiger partial charge in [-0.3, -0.25) is 9.69 Å². The molecule has 0 N–H and O–H groups in total. The fourth-order valence-electron chi connectivity index (χ4n) is 3.40. The van der Waals surface area contributed by atoms with Crippen LogP contribution in [0.2, 0.25) is 0 Å². The lowest BCUT2D eigenvalue weighted by atomic mass is 10.1. The van der Waals surface area contributed by atoms with Crippen LogP contribution in [0, 0.1) is 13.8 Å². The van der Waals surface area contributed by atoms with Crippen molar-refractivity contribution in [2.24, 2.45) is 0 Å². The second kappa shape index (κ2) is 7.50. The quantitative estimate of drug-likeness (QED) is 0.471. The van der Waals surface area contributed by atoms with Crippen molar-refractivity contribution in [3.63, 3.8) is 0 Å². The summed E-state index contributed by atoms with van der Waals surface area (Å²) < 4.78 is 18.3. The number of amides is 1. The summed E-state index contributed by atoms with van der Waals surface area (Å²) in [4.78, 5) is 19.9. The average molecular weight is 420 g/mol. The molecule has 2 aromatic carbocycles. The zero-order valence-electron chi connectivity index (χ0n) is 16.6. The van der Waals surface area contributed by atoms with Crippen LogP contribution < -0.4 is 14.4 Å². The molecule has 0 spiro atoms. The molecule has 0 bridgehead atoms. The molecule has 7 heteroatoms. The maximum atomic E-state index is 13.5. The highest BCUT2D eigenvalue weighted by Gasteiger charge is 2.33. The summed E-state index contributed by atoms with van der Waals surface area (Å²) in [5, 5.41) is 0.610. The topological polar surface area (TPSA) is 64.8 Å². The lowest BCUT2D eigenvalue weighted by Crippen LogP contribution is -2.46. The normalized spacial score (nSPS) is 15.3. The van der Waals surface area contributed by atoms with Gasteiger partial charge in [0.2, 0.25) is 6.10 Å². The molecule has 0 aliphatic carbocycles. The molecule has 2 aromatic heterocycles. The number of anilines is 1. The number of furan rings is 1. The molecule has 1 amide bonds. The molecule has 0 fully saturated rings. The number of ether oxygens (including phenoxy) is 2. The molecule has 0 saturated heterocycles. The van der Waals surface area contributed by atoms with Crippen molar-refractivity contribution in [2.75, 3.05) is 11.5 Å². The van der Waals surface area contributed by atoms with Gasteiger partial charge in [0.25, 0.3) is 5.91 Å². The van der Waals surface area contributed by atoms with Gasteiger partial charge in [-0.2, -0.15) is 0 Å². The first-order chi connectivity index (χ1) is 14.6. The monoisotopic (exact) mass is 420 g/mol. The van der Waals surface area contributed by atoms with E-state index < -0.39 is 6.10 Å². The number of hydrogen-bond donors (Lipinski definition) is 0. The zero-order chi connectivity index (χ0) is 20.7. The minimum atomic E-state index is -0.759. The van der Waals surface area contributed by atoms with Gasteiger partial charge in [0, 0.05) is 0 Å². The minimum Gasteiger partial charge on any atom is -0.485 e. The number of aryl methyl sites for hydroxylation is 2. The van der Waals surface area contributed by atoms with Gasteiger partial charge in [-0.1, -0.05) is 23.5 Å². The first kappa shape index (κ1) is 18.7. The molecule has 1 unspecified atom stereocenters. The van der Waals surface area contributed by atoms with E-state index in [0.717, 1.165) is 10.2 Å². The van der Waals surface area contributed by atoms with Crippen molar-refractivity contribution in [2.45, 2.75) is 26.5 Å². The number of aromatic nitrogens is 1. The van der Waals surface area contributed by atoms with E-state index >= 15 is 0 Å². The Kier molecular flexibility index (Phi) is 4.67. The minimum absolute atomic E-state index is 0.146. The molecular weight excluding hydrogens is 400 g/mol. The summed E-state index contributed by atoms with van der Waals surface area (Å²) >= 11 is 1.48. The number of fused-ring (bicyclic) bond motifs is 2. The summed E-state index contributed by atoms with van der Waals surface area (Å²) in [6, 6.07) is 15.2. The van der Waals surface area contributed by atoms with Gasteiger partial charge < -0.3 is 13.9 Å². The van der Waals surface area contributed by atoms with Crippen molar-refractivity contribution in [1.29, 1.82) is 0 Å². The van der Waals surface area contributed by atoms with Crippen LogP contribution in [0.3, 0.4) is 0 Å². The Hall–Kier alpha value is -3.32. The molecule has 4 aromatic rings. The van der Waals surface area contributed by atoms with E-state index in [-0.39, 0.29) is 19.1 Å². The van der Waals surface area contributed by atoms with E-state index in [1.165, 1.54) is 22.5 Å². The summed E-state index contributed by atoms with van der Waals surface area (Å²) in [6.07, 6.45) is 0.838. The van der Waals surface area contributed by atoms with Gasteiger partial charge >= 0.3 is 0 Å². The van der Waals surface area contributed by atoms with Gasteiger partial charge in [-0.25, -0.2) is 4.98 Å². The van der Waals surface area contributed by atoms with Crippen LogP contribution in [-0.2, 0) is 11.3 Å². The second-order valence-corrected chi connectivity index (χ2v) is 8.28. The van der Waals surface area contributed by atoms with Crippen molar-refractivity contribution >= 4 is 32.6 Å². The highest BCUT2D eigenvalue weighted by Crippen LogP contribution is 2.35. The third kappa shape index (κ3) is 3.41. The highest BCUT2D eigenvalue weighted by molar-refractivity contribution is 7.22. The molecule has 1 aliphatic heterocycles. The number of hydrogen-bond acceptors (Lipinski definition) is 6. The predicted octanol–water partition coefficient (Wildman–Crippen LogP) is 4.88. The maximum Gasteiger partial charge on any atom is 0.273 e. The van der Waals surface area contributed by atoms with Crippen LogP contribution in [0.1, 0.15) is 16.9 Å². The standard InChI is InChI=1S/C23H20N2O4S/c1-14-10-17-21(11-15(14)2)30-23(24-17)25(12-16-6-5-9-27-16)22(26)20-13-28-18-7-3-4-8-19(18)29-20/h3-11,20H,12-13H2,1-2H3. The lowest BCUT2D eigenvalue weighted by molar-refractivity contribution is -0.127. The number of rotatable bonds is 4. The molecule has 5 rings (SSSR count). The Morgan fingerprint density at radius 3 is 2.73 bits per heavy atom.